The lowest BCUT2D eigenvalue weighted by atomic mass is 10.1. The standard InChI is InChI=1S/C15H14N4O3S2/c1-3-23-15-18-14(24-19-15)17-13(21)10(8-16)6-9-4-5-11(20)12(7-9)22-2/h4-7,20H,3H2,1-2H3,(H,17,18,19,21)/b10-6-. The van der Waals surface area contributed by atoms with Gasteiger partial charge in [-0.05, 0) is 29.5 Å². The number of ether oxygens (including phenoxy) is 1. The van der Waals surface area contributed by atoms with Crippen LogP contribution in [0.25, 0.3) is 6.08 Å². The van der Waals surface area contributed by atoms with Gasteiger partial charge in [0, 0.05) is 11.5 Å². The quantitative estimate of drug-likeness (QED) is 0.462. The molecule has 2 N–H and O–H groups in total. The molecule has 0 bridgehead atoms. The van der Waals surface area contributed by atoms with Gasteiger partial charge in [0.15, 0.2) is 11.5 Å². The predicted molar refractivity (Wildman–Crippen MR) is 93.2 cm³/mol. The zero-order valence-corrected chi connectivity index (χ0v) is 14.6. The summed E-state index contributed by atoms with van der Waals surface area (Å²) in [5.74, 6) is 0.490. The maximum Gasteiger partial charge on any atom is 0.268 e. The Hall–Kier alpha value is -2.57. The molecule has 24 heavy (non-hydrogen) atoms. The average Bonchev–Trinajstić information content (AvgIpc) is 3.01. The number of carbonyl (C=O) groups is 1. The lowest BCUT2D eigenvalue weighted by Gasteiger charge is -2.04. The van der Waals surface area contributed by atoms with Gasteiger partial charge in [0.05, 0.1) is 7.11 Å². The van der Waals surface area contributed by atoms with E-state index in [2.05, 4.69) is 14.7 Å². The van der Waals surface area contributed by atoms with Crippen molar-refractivity contribution in [3.05, 3.63) is 29.3 Å². The molecule has 9 heteroatoms. The van der Waals surface area contributed by atoms with Crippen LogP contribution in [0.15, 0.2) is 28.9 Å². The fourth-order valence-corrected chi connectivity index (χ4v) is 2.98. The molecule has 0 unspecified atom stereocenters. The van der Waals surface area contributed by atoms with Crippen molar-refractivity contribution < 1.29 is 14.6 Å². The third kappa shape index (κ3) is 4.47. The molecule has 0 fully saturated rings. The minimum Gasteiger partial charge on any atom is -0.504 e. The number of nitrogens with zero attached hydrogens (tertiary/aromatic N) is 3. The molecule has 1 amide bonds. The maximum absolute atomic E-state index is 12.2. The van der Waals surface area contributed by atoms with Crippen LogP contribution in [0.1, 0.15) is 12.5 Å². The van der Waals surface area contributed by atoms with Gasteiger partial charge >= 0.3 is 0 Å². The number of phenolic OH excluding ortho intramolecular Hbond substituents is 1. The molecule has 1 aromatic heterocycles. The molecule has 0 radical (unpaired) electrons. The predicted octanol–water partition coefficient (Wildman–Crippen LogP) is 2.91. The van der Waals surface area contributed by atoms with E-state index >= 15 is 0 Å². The molecule has 1 heterocycles. The van der Waals surface area contributed by atoms with Crippen LogP contribution in [0.5, 0.6) is 11.5 Å². The molecule has 0 saturated heterocycles. The molecule has 0 aliphatic heterocycles. The smallest absolute Gasteiger partial charge is 0.268 e. The third-order valence-corrected chi connectivity index (χ3v) is 4.26. The van der Waals surface area contributed by atoms with Gasteiger partial charge < -0.3 is 9.84 Å². The Kier molecular flexibility index (Phi) is 6.17. The second-order valence-electron chi connectivity index (χ2n) is 4.37. The number of nitrogens with one attached hydrogen (secondary N) is 1. The minimum atomic E-state index is -0.575. The van der Waals surface area contributed by atoms with Gasteiger partial charge in [-0.3, -0.25) is 10.1 Å². The van der Waals surface area contributed by atoms with Gasteiger partial charge in [-0.1, -0.05) is 24.8 Å². The number of methoxy groups -OCH3 is 1. The number of aromatic nitrogens is 2. The van der Waals surface area contributed by atoms with Crippen LogP contribution in [0, 0.1) is 11.3 Å². The Labute approximate surface area is 147 Å². The van der Waals surface area contributed by atoms with Crippen LogP contribution in [0.4, 0.5) is 5.13 Å². The summed E-state index contributed by atoms with van der Waals surface area (Å²) in [6, 6.07) is 6.38. The molecule has 1 aromatic carbocycles. The Morgan fingerprint density at radius 2 is 2.38 bits per heavy atom. The Balaban J connectivity index is 2.17. The summed E-state index contributed by atoms with van der Waals surface area (Å²) in [6.07, 6.45) is 1.40. The van der Waals surface area contributed by atoms with Crippen LogP contribution < -0.4 is 10.1 Å². The number of rotatable bonds is 6. The van der Waals surface area contributed by atoms with E-state index in [4.69, 9.17) is 4.74 Å². The van der Waals surface area contributed by atoms with Gasteiger partial charge in [0.25, 0.3) is 5.91 Å². The fraction of sp³-hybridized carbons (Fsp3) is 0.200. The van der Waals surface area contributed by atoms with Gasteiger partial charge in [0.1, 0.15) is 11.6 Å². The number of thioether (sulfide) groups is 1. The molecule has 0 aliphatic carbocycles. The molecular formula is C15H14N4O3S2. The van der Waals surface area contributed by atoms with E-state index in [9.17, 15) is 15.2 Å². The monoisotopic (exact) mass is 362 g/mol. The normalized spacial score (nSPS) is 11.0. The highest BCUT2D eigenvalue weighted by molar-refractivity contribution is 7.99. The lowest BCUT2D eigenvalue weighted by Crippen LogP contribution is -2.13. The van der Waals surface area contributed by atoms with Crippen molar-refractivity contribution in [2.75, 3.05) is 18.2 Å². The number of nitriles is 1. The van der Waals surface area contributed by atoms with Crippen LogP contribution in [-0.2, 0) is 4.79 Å². The summed E-state index contributed by atoms with van der Waals surface area (Å²) in [6.45, 7) is 1.98. The lowest BCUT2D eigenvalue weighted by molar-refractivity contribution is -0.112. The summed E-state index contributed by atoms with van der Waals surface area (Å²) in [4.78, 5) is 16.3. The number of hydrogen-bond acceptors (Lipinski definition) is 8. The Morgan fingerprint density at radius 3 is 3.04 bits per heavy atom. The highest BCUT2D eigenvalue weighted by Gasteiger charge is 2.13. The molecule has 0 saturated carbocycles. The summed E-state index contributed by atoms with van der Waals surface area (Å²) in [5, 5.41) is 22.3. The first-order chi connectivity index (χ1) is 11.6. The number of carbonyl (C=O) groups excluding carboxylic acids is 1. The first-order valence-corrected chi connectivity index (χ1v) is 8.60. The average molecular weight is 362 g/mol. The van der Waals surface area contributed by atoms with Crippen molar-refractivity contribution in [1.29, 1.82) is 5.26 Å². The molecule has 0 aliphatic rings. The number of hydrogen-bond donors (Lipinski definition) is 2. The Bertz CT molecular complexity index is 811. The van der Waals surface area contributed by atoms with E-state index < -0.39 is 5.91 Å². The van der Waals surface area contributed by atoms with E-state index in [0.717, 1.165) is 17.3 Å². The van der Waals surface area contributed by atoms with Crippen LogP contribution in [0.3, 0.4) is 0 Å². The largest absolute Gasteiger partial charge is 0.504 e. The first kappa shape index (κ1) is 17.8. The van der Waals surface area contributed by atoms with Crippen molar-refractivity contribution >= 4 is 40.4 Å². The molecule has 7 nitrogen and oxygen atoms in total. The number of anilines is 1. The van der Waals surface area contributed by atoms with E-state index in [-0.39, 0.29) is 17.1 Å². The van der Waals surface area contributed by atoms with Crippen molar-refractivity contribution in [3.8, 4) is 17.6 Å². The minimum absolute atomic E-state index is 0.0209. The SMILES string of the molecule is CCSc1nsc(NC(=O)/C(C#N)=C\c2ccc(O)c(OC)c2)n1. The number of benzene rings is 1. The molecule has 2 aromatic rings. The van der Waals surface area contributed by atoms with E-state index in [1.54, 1.807) is 6.07 Å². The molecule has 124 valence electrons. The Morgan fingerprint density at radius 1 is 1.58 bits per heavy atom. The summed E-state index contributed by atoms with van der Waals surface area (Å²) in [7, 11) is 1.42. The number of phenols is 1. The fourth-order valence-electron chi connectivity index (χ4n) is 1.71. The van der Waals surface area contributed by atoms with Crippen molar-refractivity contribution in [2.45, 2.75) is 12.1 Å². The van der Waals surface area contributed by atoms with E-state index in [1.165, 1.54) is 37.1 Å². The molecule has 2 rings (SSSR count). The van der Waals surface area contributed by atoms with Crippen molar-refractivity contribution in [1.82, 2.24) is 9.36 Å². The molecular weight excluding hydrogens is 348 g/mol. The number of aromatic hydroxyl groups is 1. The van der Waals surface area contributed by atoms with Crippen LogP contribution in [-0.4, -0.2) is 33.2 Å². The summed E-state index contributed by atoms with van der Waals surface area (Å²) in [5.41, 5.74) is 0.457. The zero-order chi connectivity index (χ0) is 17.5. The van der Waals surface area contributed by atoms with Gasteiger partial charge in [0.2, 0.25) is 10.3 Å². The highest BCUT2D eigenvalue weighted by atomic mass is 32.2. The summed E-state index contributed by atoms with van der Waals surface area (Å²) < 4.78 is 9.09. The van der Waals surface area contributed by atoms with Crippen LogP contribution in [0.2, 0.25) is 0 Å². The van der Waals surface area contributed by atoms with Gasteiger partial charge in [-0.2, -0.15) is 14.6 Å². The molecule has 0 atom stereocenters. The van der Waals surface area contributed by atoms with Gasteiger partial charge in [-0.25, -0.2) is 0 Å². The zero-order valence-electron chi connectivity index (χ0n) is 12.9. The van der Waals surface area contributed by atoms with E-state index in [1.807, 2.05) is 13.0 Å². The topological polar surface area (TPSA) is 108 Å². The van der Waals surface area contributed by atoms with Crippen LogP contribution >= 0.6 is 23.3 Å². The highest BCUT2D eigenvalue weighted by Crippen LogP contribution is 2.27. The number of amides is 1. The van der Waals surface area contributed by atoms with Crippen molar-refractivity contribution in [2.24, 2.45) is 0 Å². The second kappa shape index (κ2) is 8.33. The third-order valence-electron chi connectivity index (χ3n) is 2.78. The van der Waals surface area contributed by atoms with E-state index in [0.29, 0.717) is 15.9 Å². The van der Waals surface area contributed by atoms with Gasteiger partial charge in [-0.15, -0.1) is 0 Å². The second-order valence-corrected chi connectivity index (χ2v) is 6.35. The van der Waals surface area contributed by atoms with Crippen molar-refractivity contribution in [3.63, 3.8) is 0 Å². The molecule has 0 spiro atoms. The first-order valence-electron chi connectivity index (χ1n) is 6.84. The summed E-state index contributed by atoms with van der Waals surface area (Å²) >= 11 is 2.52. The maximum atomic E-state index is 12.2.